The van der Waals surface area contributed by atoms with Crippen LogP contribution in [0, 0.1) is 0 Å². The average Bonchev–Trinajstić information content (AvgIpc) is 3.24. The molecule has 0 aromatic carbocycles. The number of hydrogen-bond donors (Lipinski definition) is 1. The molecule has 0 radical (unpaired) electrons. The predicted octanol–water partition coefficient (Wildman–Crippen LogP) is 2.28. The highest BCUT2D eigenvalue weighted by Gasteiger charge is 2.02. The second kappa shape index (κ2) is 5.49. The van der Waals surface area contributed by atoms with E-state index in [1.54, 1.807) is 28.5 Å². The molecule has 4 rings (SSSR count). The average molecular weight is 309 g/mol. The third-order valence-electron chi connectivity index (χ3n) is 3.12. The number of anilines is 1. The molecular formula is C14H11N7S. The van der Waals surface area contributed by atoms with Crippen LogP contribution in [0.15, 0.2) is 48.6 Å². The fraction of sp³-hybridized carbons (Fsp3) is 0.0714. The molecule has 4 aromatic rings. The van der Waals surface area contributed by atoms with Crippen LogP contribution >= 0.6 is 11.3 Å². The summed E-state index contributed by atoms with van der Waals surface area (Å²) in [6, 6.07) is 5.87. The van der Waals surface area contributed by atoms with Gasteiger partial charge in [0.05, 0.1) is 16.4 Å². The minimum atomic E-state index is 0.611. The number of nitrogens with one attached hydrogen (secondary N) is 1. The van der Waals surface area contributed by atoms with Gasteiger partial charge in [-0.2, -0.15) is 5.10 Å². The van der Waals surface area contributed by atoms with Gasteiger partial charge in [0.2, 0.25) is 5.95 Å². The van der Waals surface area contributed by atoms with E-state index in [0.717, 1.165) is 21.6 Å². The van der Waals surface area contributed by atoms with Crippen molar-refractivity contribution in [1.82, 2.24) is 29.7 Å². The maximum absolute atomic E-state index is 4.45. The number of pyridine rings is 1. The van der Waals surface area contributed by atoms with Crippen molar-refractivity contribution in [3.05, 3.63) is 54.2 Å². The summed E-state index contributed by atoms with van der Waals surface area (Å²) in [5, 5.41) is 9.26. The van der Waals surface area contributed by atoms with Crippen LogP contribution in [-0.2, 0) is 6.54 Å². The smallest absolute Gasteiger partial charge is 0.223 e. The molecule has 0 unspecified atom stereocenters. The topological polar surface area (TPSA) is 81.4 Å². The minimum absolute atomic E-state index is 0.611. The molecule has 7 nitrogen and oxygen atoms in total. The molecule has 0 aliphatic rings. The van der Waals surface area contributed by atoms with Crippen LogP contribution in [0.25, 0.3) is 16.0 Å². The SMILES string of the molecule is c1ncn(-c2ccc(CNc3ncc4sccc4n3)cn2)n1. The van der Waals surface area contributed by atoms with E-state index in [2.05, 4.69) is 30.4 Å². The molecule has 108 valence electrons. The molecule has 0 fully saturated rings. The molecule has 0 aliphatic carbocycles. The van der Waals surface area contributed by atoms with Gasteiger partial charge in [0.25, 0.3) is 0 Å². The number of thiophene rings is 1. The van der Waals surface area contributed by atoms with Crippen molar-refractivity contribution >= 4 is 27.5 Å². The molecule has 4 aromatic heterocycles. The van der Waals surface area contributed by atoms with Crippen LogP contribution in [0.2, 0.25) is 0 Å². The Kier molecular flexibility index (Phi) is 3.20. The molecule has 22 heavy (non-hydrogen) atoms. The van der Waals surface area contributed by atoms with Crippen LogP contribution in [0.4, 0.5) is 5.95 Å². The van der Waals surface area contributed by atoms with Crippen molar-refractivity contribution in [3.8, 4) is 5.82 Å². The van der Waals surface area contributed by atoms with Crippen LogP contribution in [0.3, 0.4) is 0 Å². The van der Waals surface area contributed by atoms with E-state index in [1.807, 2.05) is 29.8 Å². The number of aromatic nitrogens is 6. The zero-order valence-corrected chi connectivity index (χ0v) is 12.2. The Morgan fingerprint density at radius 1 is 1.14 bits per heavy atom. The van der Waals surface area contributed by atoms with Gasteiger partial charge in [0.15, 0.2) is 5.82 Å². The summed E-state index contributed by atoms with van der Waals surface area (Å²) in [4.78, 5) is 17.0. The van der Waals surface area contributed by atoms with Crippen molar-refractivity contribution in [2.24, 2.45) is 0 Å². The lowest BCUT2D eigenvalue weighted by Gasteiger charge is -2.05. The van der Waals surface area contributed by atoms with E-state index in [9.17, 15) is 0 Å². The lowest BCUT2D eigenvalue weighted by Crippen LogP contribution is -2.04. The Morgan fingerprint density at radius 2 is 2.14 bits per heavy atom. The summed E-state index contributed by atoms with van der Waals surface area (Å²) < 4.78 is 2.70. The number of hydrogen-bond acceptors (Lipinski definition) is 7. The molecule has 0 bridgehead atoms. The molecule has 0 atom stereocenters. The molecule has 1 N–H and O–H groups in total. The monoisotopic (exact) mass is 309 g/mol. The van der Waals surface area contributed by atoms with Crippen LogP contribution in [0.5, 0.6) is 0 Å². The quantitative estimate of drug-likeness (QED) is 0.623. The molecule has 0 saturated heterocycles. The molecule has 4 heterocycles. The Labute approximate surface area is 129 Å². The first kappa shape index (κ1) is 12.8. The number of rotatable bonds is 4. The number of fused-ring (bicyclic) bond motifs is 1. The number of nitrogens with zero attached hydrogens (tertiary/aromatic N) is 6. The van der Waals surface area contributed by atoms with E-state index < -0.39 is 0 Å². The summed E-state index contributed by atoms with van der Waals surface area (Å²) in [6.45, 7) is 0.611. The Balaban J connectivity index is 1.46. The third-order valence-corrected chi connectivity index (χ3v) is 3.96. The lowest BCUT2D eigenvalue weighted by atomic mass is 10.3. The normalized spacial score (nSPS) is 10.9. The summed E-state index contributed by atoms with van der Waals surface area (Å²) in [7, 11) is 0. The van der Waals surface area contributed by atoms with Crippen LogP contribution < -0.4 is 5.32 Å². The van der Waals surface area contributed by atoms with E-state index in [1.165, 1.54) is 6.33 Å². The highest BCUT2D eigenvalue weighted by atomic mass is 32.1. The van der Waals surface area contributed by atoms with Gasteiger partial charge in [-0.15, -0.1) is 11.3 Å². The zero-order valence-electron chi connectivity index (χ0n) is 11.4. The Bertz CT molecular complexity index is 883. The minimum Gasteiger partial charge on any atom is -0.350 e. The lowest BCUT2D eigenvalue weighted by molar-refractivity contribution is 0.842. The van der Waals surface area contributed by atoms with Gasteiger partial charge >= 0.3 is 0 Å². The third kappa shape index (κ3) is 2.51. The first-order chi connectivity index (χ1) is 10.9. The van der Waals surface area contributed by atoms with Gasteiger partial charge in [-0.3, -0.25) is 0 Å². The highest BCUT2D eigenvalue weighted by Crippen LogP contribution is 2.18. The maximum Gasteiger partial charge on any atom is 0.223 e. The van der Waals surface area contributed by atoms with E-state index in [4.69, 9.17) is 0 Å². The summed E-state index contributed by atoms with van der Waals surface area (Å²) in [5.74, 6) is 1.35. The van der Waals surface area contributed by atoms with Crippen molar-refractivity contribution in [2.75, 3.05) is 5.32 Å². The molecule has 0 aliphatic heterocycles. The predicted molar refractivity (Wildman–Crippen MR) is 83.9 cm³/mol. The summed E-state index contributed by atoms with van der Waals surface area (Å²) in [5.41, 5.74) is 2.00. The van der Waals surface area contributed by atoms with Gasteiger partial charge in [0, 0.05) is 12.7 Å². The Morgan fingerprint density at radius 3 is 2.95 bits per heavy atom. The van der Waals surface area contributed by atoms with Crippen molar-refractivity contribution in [2.45, 2.75) is 6.54 Å². The molecule has 0 saturated carbocycles. The van der Waals surface area contributed by atoms with Crippen LogP contribution in [-0.4, -0.2) is 29.7 Å². The molecule has 0 amide bonds. The van der Waals surface area contributed by atoms with E-state index in [-0.39, 0.29) is 0 Å². The van der Waals surface area contributed by atoms with E-state index >= 15 is 0 Å². The zero-order chi connectivity index (χ0) is 14.8. The largest absolute Gasteiger partial charge is 0.350 e. The van der Waals surface area contributed by atoms with Crippen molar-refractivity contribution < 1.29 is 0 Å². The van der Waals surface area contributed by atoms with Gasteiger partial charge in [-0.25, -0.2) is 24.6 Å². The van der Waals surface area contributed by atoms with Crippen molar-refractivity contribution in [3.63, 3.8) is 0 Å². The fourth-order valence-electron chi connectivity index (χ4n) is 2.02. The maximum atomic E-state index is 4.45. The first-order valence-electron chi connectivity index (χ1n) is 6.62. The summed E-state index contributed by atoms with van der Waals surface area (Å²) >= 11 is 1.63. The summed E-state index contributed by atoms with van der Waals surface area (Å²) in [6.07, 6.45) is 6.73. The van der Waals surface area contributed by atoms with Gasteiger partial charge < -0.3 is 5.32 Å². The van der Waals surface area contributed by atoms with Gasteiger partial charge in [-0.05, 0) is 23.1 Å². The fourth-order valence-corrected chi connectivity index (χ4v) is 2.71. The molecular weight excluding hydrogens is 298 g/mol. The molecule has 0 spiro atoms. The van der Waals surface area contributed by atoms with E-state index in [0.29, 0.717) is 12.5 Å². The van der Waals surface area contributed by atoms with Crippen LogP contribution in [0.1, 0.15) is 5.56 Å². The van der Waals surface area contributed by atoms with Crippen molar-refractivity contribution in [1.29, 1.82) is 0 Å². The van der Waals surface area contributed by atoms with Gasteiger partial charge in [-0.1, -0.05) is 6.07 Å². The highest BCUT2D eigenvalue weighted by molar-refractivity contribution is 7.17. The second-order valence-corrected chi connectivity index (χ2v) is 5.53. The molecule has 8 heteroatoms. The second-order valence-electron chi connectivity index (χ2n) is 4.58. The standard InChI is InChI=1S/C14H11N7S/c1-2-13(21-9-15-8-19-21)16-5-10(1)6-17-14-18-7-12-11(20-14)3-4-22-12/h1-5,7-9H,6H2,(H,17,18,20). The first-order valence-corrected chi connectivity index (χ1v) is 7.50. The van der Waals surface area contributed by atoms with Gasteiger partial charge in [0.1, 0.15) is 12.7 Å². The Hall–Kier alpha value is -2.87.